The number of benzene rings is 3. The molecule has 0 N–H and O–H groups in total. The minimum Gasteiger partial charge on any atom is -0.489 e. The lowest BCUT2D eigenvalue weighted by atomic mass is 9.91. The molecule has 0 fully saturated rings. The molecule has 5 rings (SSSR count). The molecule has 2 aliphatic rings. The van der Waals surface area contributed by atoms with Crippen LogP contribution < -0.4 is 4.74 Å². The van der Waals surface area contributed by atoms with E-state index in [1.807, 2.05) is 66.8 Å². The fourth-order valence-corrected chi connectivity index (χ4v) is 6.73. The van der Waals surface area contributed by atoms with Crippen molar-refractivity contribution in [2.45, 2.75) is 16.4 Å². The van der Waals surface area contributed by atoms with Gasteiger partial charge in [-0.3, -0.25) is 4.79 Å². The molecular weight excluding hydrogens is 400 g/mol. The number of rotatable bonds is 5. The van der Waals surface area contributed by atoms with Crippen molar-refractivity contribution in [2.75, 3.05) is 0 Å². The summed E-state index contributed by atoms with van der Waals surface area (Å²) in [5.41, 5.74) is 3.07. The Bertz CT molecular complexity index is 1240. The highest BCUT2D eigenvalue weighted by Crippen LogP contribution is 2.33. The second-order valence-electron chi connectivity index (χ2n) is 7.59. The molecular formula is C28H23O2S+. The van der Waals surface area contributed by atoms with Gasteiger partial charge in [0.1, 0.15) is 32.9 Å². The number of hydrogen-bond acceptors (Lipinski definition) is 2. The summed E-state index contributed by atoms with van der Waals surface area (Å²) in [4.78, 5) is 16.6. The second-order valence-corrected chi connectivity index (χ2v) is 9.78. The maximum Gasteiger partial charge on any atom is 0.183 e. The summed E-state index contributed by atoms with van der Waals surface area (Å²) in [6.45, 7) is 4.31. The van der Waals surface area contributed by atoms with E-state index in [2.05, 4.69) is 43.0 Å². The van der Waals surface area contributed by atoms with E-state index in [1.54, 1.807) is 0 Å². The van der Waals surface area contributed by atoms with Crippen molar-refractivity contribution in [3.8, 4) is 5.75 Å². The van der Waals surface area contributed by atoms with Gasteiger partial charge in [0.15, 0.2) is 5.78 Å². The first-order chi connectivity index (χ1) is 15.2. The minimum absolute atomic E-state index is 0.152. The van der Waals surface area contributed by atoms with Gasteiger partial charge in [0.25, 0.3) is 0 Å². The Balaban J connectivity index is 1.44. The molecule has 2 nitrogen and oxygen atoms in total. The highest BCUT2D eigenvalue weighted by atomic mass is 32.2. The highest BCUT2D eigenvalue weighted by molar-refractivity contribution is 7.97. The molecule has 0 amide bonds. The maximum atomic E-state index is 13.0. The van der Waals surface area contributed by atoms with Gasteiger partial charge < -0.3 is 4.74 Å². The zero-order valence-corrected chi connectivity index (χ0v) is 18.0. The topological polar surface area (TPSA) is 26.3 Å². The van der Waals surface area contributed by atoms with Crippen LogP contribution in [0.1, 0.15) is 21.5 Å². The predicted molar refractivity (Wildman–Crippen MR) is 130 cm³/mol. The number of thiol groups is 1. The van der Waals surface area contributed by atoms with Crippen LogP contribution in [0.2, 0.25) is 0 Å². The Morgan fingerprint density at radius 2 is 1.71 bits per heavy atom. The van der Waals surface area contributed by atoms with Crippen LogP contribution in [0, 0.1) is 5.92 Å². The monoisotopic (exact) mass is 423 g/mol. The van der Waals surface area contributed by atoms with Gasteiger partial charge in [0.05, 0.1) is 5.56 Å². The Morgan fingerprint density at radius 1 is 0.935 bits per heavy atom. The lowest BCUT2D eigenvalue weighted by molar-refractivity contribution is 0.0969. The van der Waals surface area contributed by atoms with Crippen molar-refractivity contribution in [1.82, 2.24) is 0 Å². The van der Waals surface area contributed by atoms with Crippen molar-refractivity contribution >= 4 is 27.2 Å². The summed E-state index contributed by atoms with van der Waals surface area (Å²) < 4.78 is 6.00. The van der Waals surface area contributed by atoms with Crippen molar-refractivity contribution in [3.05, 3.63) is 120 Å². The highest BCUT2D eigenvalue weighted by Gasteiger charge is 2.37. The van der Waals surface area contributed by atoms with Gasteiger partial charge >= 0.3 is 0 Å². The summed E-state index contributed by atoms with van der Waals surface area (Å²) in [5.74, 6) is 0.890. The van der Waals surface area contributed by atoms with Crippen molar-refractivity contribution in [2.24, 2.45) is 5.92 Å². The molecule has 3 aromatic rings. The number of carbonyl (C=O) groups excluding carboxylic acids is 1. The van der Waals surface area contributed by atoms with Crippen LogP contribution in [0.4, 0.5) is 0 Å². The van der Waals surface area contributed by atoms with E-state index in [9.17, 15) is 4.79 Å². The third-order valence-corrected chi connectivity index (χ3v) is 8.30. The smallest absolute Gasteiger partial charge is 0.183 e. The van der Waals surface area contributed by atoms with Gasteiger partial charge in [0, 0.05) is 0 Å². The van der Waals surface area contributed by atoms with Crippen LogP contribution in [0.15, 0.2) is 113 Å². The molecule has 3 aromatic carbocycles. The molecule has 1 aliphatic heterocycles. The Hall–Kier alpha value is -3.43. The summed E-state index contributed by atoms with van der Waals surface area (Å²) >= 11 is 0. The van der Waals surface area contributed by atoms with E-state index in [0.29, 0.717) is 6.61 Å². The molecule has 0 saturated carbocycles. The molecule has 3 heteroatoms. The van der Waals surface area contributed by atoms with E-state index in [4.69, 9.17) is 4.74 Å². The molecule has 0 saturated heterocycles. The van der Waals surface area contributed by atoms with Gasteiger partial charge in [0.2, 0.25) is 0 Å². The van der Waals surface area contributed by atoms with Crippen LogP contribution in [-0.2, 0) is 17.1 Å². The number of ketones is 1. The predicted octanol–water partition coefficient (Wildman–Crippen LogP) is 5.79. The third kappa shape index (κ3) is 3.73. The number of hydrogen-bond donors (Lipinski definition) is 0. The van der Waals surface area contributed by atoms with Crippen molar-refractivity contribution in [3.63, 3.8) is 0 Å². The van der Waals surface area contributed by atoms with E-state index >= 15 is 0 Å². The SMILES string of the molecule is C=Cc1ccc(COc2ccc([SH+]3=C4C=CC=CC4C(=O)c4ccccc43)cc2)cc1. The first kappa shape index (κ1) is 19.5. The summed E-state index contributed by atoms with van der Waals surface area (Å²) in [7, 11) is -0.745. The van der Waals surface area contributed by atoms with Gasteiger partial charge in [-0.1, -0.05) is 77.8 Å². The minimum atomic E-state index is -0.745. The molecule has 0 radical (unpaired) electrons. The third-order valence-electron chi connectivity index (χ3n) is 5.67. The van der Waals surface area contributed by atoms with Crippen LogP contribution >= 0.6 is 0 Å². The fourth-order valence-electron chi connectivity index (χ4n) is 4.05. The van der Waals surface area contributed by atoms with E-state index < -0.39 is 10.5 Å². The van der Waals surface area contributed by atoms with Crippen LogP contribution in [-0.4, -0.2) is 10.6 Å². The molecule has 2 unspecified atom stereocenters. The number of ether oxygens (including phenoxy) is 1. The molecule has 31 heavy (non-hydrogen) atoms. The quantitative estimate of drug-likeness (QED) is 0.295. The Kier molecular flexibility index (Phi) is 5.27. The normalized spacial score (nSPS) is 19.0. The largest absolute Gasteiger partial charge is 0.489 e. The van der Waals surface area contributed by atoms with Crippen LogP contribution in [0.5, 0.6) is 5.75 Å². The number of allylic oxidation sites excluding steroid dienone is 4. The second kappa shape index (κ2) is 8.37. The van der Waals surface area contributed by atoms with E-state index in [1.165, 1.54) is 9.76 Å². The average molecular weight is 424 g/mol. The number of Topliss-reactive ketones (excluding diaryl/α,β-unsaturated/α-hetero) is 1. The lowest BCUT2D eigenvalue weighted by Gasteiger charge is -2.23. The molecule has 0 spiro atoms. The first-order valence-electron chi connectivity index (χ1n) is 10.3. The number of fused-ring (bicyclic) bond motifs is 2. The molecule has 0 aromatic heterocycles. The Morgan fingerprint density at radius 3 is 2.48 bits per heavy atom. The molecule has 0 bridgehead atoms. The van der Waals surface area contributed by atoms with Crippen LogP contribution in [0.3, 0.4) is 0 Å². The zero-order valence-electron chi connectivity index (χ0n) is 17.1. The standard InChI is InChI=1S/C28H22O2S/c1-2-20-11-13-21(14-12-20)19-30-22-15-17-23(18-16-22)31-26-9-5-3-7-24(26)28(29)25-8-4-6-10-27(25)31/h2-18,24H,1,19H2/p+1. The van der Waals surface area contributed by atoms with Gasteiger partial charge in [-0.25, -0.2) is 0 Å². The molecule has 1 heterocycles. The molecule has 152 valence electrons. The zero-order chi connectivity index (χ0) is 21.2. The number of carbonyl (C=O) groups is 1. The van der Waals surface area contributed by atoms with Gasteiger partial charge in [-0.2, -0.15) is 0 Å². The Labute approximate surface area is 185 Å². The first-order valence-corrected chi connectivity index (χ1v) is 11.7. The summed E-state index contributed by atoms with van der Waals surface area (Å²) in [6.07, 6.45) is 10.0. The van der Waals surface area contributed by atoms with Crippen molar-refractivity contribution < 1.29 is 9.53 Å². The summed E-state index contributed by atoms with van der Waals surface area (Å²) in [5, 5.41) is 0. The lowest BCUT2D eigenvalue weighted by Crippen LogP contribution is -2.31. The van der Waals surface area contributed by atoms with Gasteiger partial charge in [-0.15, -0.1) is 0 Å². The van der Waals surface area contributed by atoms with E-state index in [0.717, 1.165) is 27.3 Å². The van der Waals surface area contributed by atoms with Gasteiger partial charge in [-0.05, 0) is 53.6 Å². The molecule has 2 atom stereocenters. The fraction of sp³-hybridized carbons (Fsp3) is 0.0714. The van der Waals surface area contributed by atoms with Crippen LogP contribution in [0.25, 0.3) is 6.08 Å². The maximum absolute atomic E-state index is 13.0. The summed E-state index contributed by atoms with van der Waals surface area (Å²) in [6, 6.07) is 24.6. The molecule has 1 aliphatic carbocycles. The average Bonchev–Trinajstić information content (AvgIpc) is 2.84. The van der Waals surface area contributed by atoms with E-state index in [-0.39, 0.29) is 11.7 Å². The van der Waals surface area contributed by atoms with Crippen molar-refractivity contribution in [1.29, 1.82) is 0 Å².